The van der Waals surface area contributed by atoms with Crippen molar-refractivity contribution in [3.05, 3.63) is 116 Å². The zero-order valence-corrected chi connectivity index (χ0v) is 41.9. The molecule has 4 aromatic carbocycles. The molecule has 18 heteroatoms. The number of hydrogen-bond acceptors (Lipinski definition) is 12. The van der Waals surface area contributed by atoms with Crippen LogP contribution in [-0.2, 0) is 9.53 Å². The van der Waals surface area contributed by atoms with Gasteiger partial charge in [-0.2, -0.15) is 4.98 Å². The summed E-state index contributed by atoms with van der Waals surface area (Å²) in [5, 5.41) is 26.4. The van der Waals surface area contributed by atoms with Gasteiger partial charge in [0.1, 0.15) is 39.6 Å². The largest absolute Gasteiger partial charge is 0.508 e. The number of fused-ring (bicyclic) bond motifs is 5. The maximum absolute atomic E-state index is 17.3. The molecule has 1 atom stereocenters. The lowest BCUT2D eigenvalue weighted by molar-refractivity contribution is -0.121. The van der Waals surface area contributed by atoms with E-state index in [1.165, 1.54) is 6.07 Å². The van der Waals surface area contributed by atoms with Crippen LogP contribution in [-0.4, -0.2) is 104 Å². The van der Waals surface area contributed by atoms with E-state index in [-0.39, 0.29) is 34.2 Å². The van der Waals surface area contributed by atoms with Crippen molar-refractivity contribution in [3.63, 3.8) is 0 Å². The number of phenolic OH excluding ortho intramolecular Hbond substituents is 1. The summed E-state index contributed by atoms with van der Waals surface area (Å²) in [6.45, 7) is 14.0. The maximum Gasteiger partial charge on any atom is 0.410 e. The summed E-state index contributed by atoms with van der Waals surface area (Å²) in [7, 11) is 1.85. The van der Waals surface area contributed by atoms with Gasteiger partial charge in [-0.3, -0.25) is 14.4 Å². The zero-order chi connectivity index (χ0) is 48.9. The Kier molecular flexibility index (Phi) is 13.3. The van der Waals surface area contributed by atoms with E-state index in [2.05, 4.69) is 29.4 Å². The molecule has 0 radical (unpaired) electrons. The molecule has 2 amide bonds. The van der Waals surface area contributed by atoms with Crippen LogP contribution in [0.4, 0.5) is 21.0 Å². The van der Waals surface area contributed by atoms with E-state index in [1.54, 1.807) is 28.4 Å². The average Bonchev–Trinajstić information content (AvgIpc) is 3.79. The zero-order valence-electron chi connectivity index (χ0n) is 39.5. The molecule has 3 aromatic heterocycles. The molecular weight excluding hydrogens is 939 g/mol. The van der Waals surface area contributed by atoms with Crippen LogP contribution < -0.4 is 15.1 Å². The molecule has 2 aliphatic heterocycles. The minimum atomic E-state index is -0.644. The topological polar surface area (TPSA) is 154 Å². The highest BCUT2D eigenvalue weighted by molar-refractivity contribution is 7.15. The number of aliphatic imine (C=N–C) groups is 1. The van der Waals surface area contributed by atoms with Crippen molar-refractivity contribution in [2.75, 3.05) is 56.1 Å². The molecule has 2 aliphatic rings. The minimum Gasteiger partial charge on any atom is -0.508 e. The third kappa shape index (κ3) is 9.66. The lowest BCUT2D eigenvalue weighted by atomic mass is 9.96. The van der Waals surface area contributed by atoms with Crippen LogP contribution in [0.15, 0.2) is 71.7 Å². The van der Waals surface area contributed by atoms with Gasteiger partial charge in [0.05, 0.1) is 17.2 Å². The van der Waals surface area contributed by atoms with Crippen LogP contribution in [0.2, 0.25) is 10.0 Å². The number of amides is 2. The molecule has 0 saturated carbocycles. The molecule has 0 bridgehead atoms. The fraction of sp³-hybridized carbons (Fsp3) is 0.353. The quantitative estimate of drug-likeness (QED) is 0.120. The second-order valence-corrected chi connectivity index (χ2v) is 20.6. The Bertz CT molecular complexity index is 3160. The summed E-state index contributed by atoms with van der Waals surface area (Å²) in [5.41, 5.74) is 3.77. The van der Waals surface area contributed by atoms with Crippen LogP contribution in [0.5, 0.6) is 5.75 Å². The fourth-order valence-corrected chi connectivity index (χ4v) is 10.6. The van der Waals surface area contributed by atoms with Crippen molar-refractivity contribution in [1.82, 2.24) is 34.9 Å². The van der Waals surface area contributed by atoms with Gasteiger partial charge in [0, 0.05) is 78.3 Å². The highest BCUT2D eigenvalue weighted by Gasteiger charge is 2.33. The number of rotatable bonds is 11. The van der Waals surface area contributed by atoms with Gasteiger partial charge in [-0.1, -0.05) is 59.6 Å². The molecule has 9 rings (SSSR count). The van der Waals surface area contributed by atoms with E-state index in [0.29, 0.717) is 85.7 Å². The molecule has 1 saturated heterocycles. The van der Waals surface area contributed by atoms with Gasteiger partial charge in [-0.15, -0.1) is 21.5 Å². The molecule has 0 spiro atoms. The van der Waals surface area contributed by atoms with E-state index in [0.717, 1.165) is 48.9 Å². The van der Waals surface area contributed by atoms with Gasteiger partial charge >= 0.3 is 6.09 Å². The third-order valence-electron chi connectivity index (χ3n) is 12.5. The standard InChI is InChI=1S/C51H53Cl2FN10O4S/c1-28-29(2)69-48-41(28)44(31-14-16-33(52)17-15-31)56-39(47-60-59-30(3)64(47)48)27-40(66)55-18-10-11-19-61(7)49-57-45-37(46(58-49)62-20-22-63(23-21-62)50(67)68-51(4,5)6)26-38(53)42(43(45)54)36-25-34(65)24-32-12-8-9-13-35(32)36/h8-9,12-17,24-26,39,65H,10-11,18-23,27H2,1-7H3,(H,55,66). The molecular formula is C51H53Cl2FN10O4S. The normalized spacial score (nSPS) is 14.9. The van der Waals surface area contributed by atoms with E-state index < -0.39 is 23.6 Å². The van der Waals surface area contributed by atoms with Crippen molar-refractivity contribution in [2.24, 2.45) is 4.99 Å². The Labute approximate surface area is 413 Å². The molecule has 358 valence electrons. The van der Waals surface area contributed by atoms with Crippen molar-refractivity contribution in [2.45, 2.75) is 72.4 Å². The SMILES string of the molecule is Cc1sc2c(c1C)C(c1ccc(Cl)cc1)=NC(CC(=O)NCCCCN(C)c1nc(N3CCN(C(=O)OC(C)(C)C)CC3)c3cc(Cl)c(-c4cc(O)cc5ccccc45)c(F)c3n1)c1nnc(C)n1-2. The predicted molar refractivity (Wildman–Crippen MR) is 273 cm³/mol. The number of ether oxygens (including phenoxy) is 1. The number of hydrogen-bond donors (Lipinski definition) is 2. The molecule has 2 N–H and O–H groups in total. The first-order valence-corrected chi connectivity index (χ1v) is 24.5. The Morgan fingerprint density at radius 3 is 2.42 bits per heavy atom. The Morgan fingerprint density at radius 2 is 1.68 bits per heavy atom. The predicted octanol–water partition coefficient (Wildman–Crippen LogP) is 10.5. The summed E-state index contributed by atoms with van der Waals surface area (Å²) < 4.78 is 24.9. The van der Waals surface area contributed by atoms with Crippen LogP contribution in [0.3, 0.4) is 0 Å². The van der Waals surface area contributed by atoms with Crippen molar-refractivity contribution in [3.8, 4) is 21.9 Å². The molecule has 5 heterocycles. The first kappa shape index (κ1) is 47.7. The highest BCUT2D eigenvalue weighted by atomic mass is 35.5. The fourth-order valence-electron chi connectivity index (χ4n) is 8.94. The number of aromatic hydroxyl groups is 1. The van der Waals surface area contributed by atoms with Crippen molar-refractivity contribution in [1.29, 1.82) is 0 Å². The summed E-state index contributed by atoms with van der Waals surface area (Å²) in [6, 6.07) is 19.2. The van der Waals surface area contributed by atoms with Gasteiger partial charge in [-0.05, 0) is 107 Å². The van der Waals surface area contributed by atoms with E-state index in [4.69, 9.17) is 42.9 Å². The van der Waals surface area contributed by atoms with Crippen molar-refractivity contribution >= 4 is 85.7 Å². The van der Waals surface area contributed by atoms with E-state index in [9.17, 15) is 14.7 Å². The number of nitrogens with one attached hydrogen (secondary N) is 1. The number of halogens is 3. The van der Waals surface area contributed by atoms with Gasteiger partial charge in [-0.25, -0.2) is 14.2 Å². The van der Waals surface area contributed by atoms with Gasteiger partial charge in [0.25, 0.3) is 0 Å². The molecule has 1 fully saturated rings. The summed E-state index contributed by atoms with van der Waals surface area (Å²) >= 11 is 14.9. The van der Waals surface area contributed by atoms with Gasteiger partial charge in [0.2, 0.25) is 11.9 Å². The number of unbranched alkanes of at least 4 members (excludes halogenated alkanes) is 1. The number of carbonyl (C=O) groups is 2. The lowest BCUT2D eigenvalue weighted by Gasteiger charge is -2.36. The third-order valence-corrected chi connectivity index (χ3v) is 14.3. The number of anilines is 2. The first-order valence-electron chi connectivity index (χ1n) is 22.9. The minimum absolute atomic E-state index is 0.0230. The Balaban J connectivity index is 0.935. The number of aromatic nitrogens is 5. The van der Waals surface area contributed by atoms with Crippen LogP contribution in [0, 0.1) is 26.6 Å². The average molecular weight is 992 g/mol. The smallest absolute Gasteiger partial charge is 0.410 e. The first-order chi connectivity index (χ1) is 32.9. The van der Waals surface area contributed by atoms with Crippen LogP contribution >= 0.6 is 34.5 Å². The van der Waals surface area contributed by atoms with Gasteiger partial charge in [0.15, 0.2) is 11.6 Å². The highest BCUT2D eigenvalue weighted by Crippen LogP contribution is 2.43. The molecule has 69 heavy (non-hydrogen) atoms. The van der Waals surface area contributed by atoms with E-state index >= 15 is 4.39 Å². The summed E-state index contributed by atoms with van der Waals surface area (Å²) in [4.78, 5) is 48.5. The number of carbonyl (C=O) groups excluding carboxylic acids is 2. The summed E-state index contributed by atoms with van der Waals surface area (Å²) in [5.74, 6) is 1.27. The second kappa shape index (κ2) is 19.2. The number of nitrogens with zero attached hydrogens (tertiary/aromatic N) is 9. The van der Waals surface area contributed by atoms with Gasteiger partial charge < -0.3 is 29.9 Å². The Hall–Kier alpha value is -6.36. The Morgan fingerprint density at radius 1 is 0.942 bits per heavy atom. The molecule has 7 aromatic rings. The van der Waals surface area contributed by atoms with Crippen LogP contribution in [0.25, 0.3) is 37.8 Å². The number of aryl methyl sites for hydroxylation is 2. The summed E-state index contributed by atoms with van der Waals surface area (Å²) in [6.07, 6.45) is 0.959. The monoisotopic (exact) mass is 990 g/mol. The lowest BCUT2D eigenvalue weighted by Crippen LogP contribution is -2.50. The van der Waals surface area contributed by atoms with E-state index in [1.807, 2.05) is 97.6 Å². The van der Waals surface area contributed by atoms with Crippen molar-refractivity contribution < 1.29 is 23.8 Å². The number of benzene rings is 4. The van der Waals surface area contributed by atoms with Crippen LogP contribution in [0.1, 0.15) is 79.3 Å². The molecule has 0 aliphatic carbocycles. The molecule has 14 nitrogen and oxygen atoms in total. The number of thiophene rings is 1. The second-order valence-electron chi connectivity index (χ2n) is 18.5. The number of phenols is 1. The molecule has 1 unspecified atom stereocenters. The maximum atomic E-state index is 17.3. The number of piperazine rings is 1.